The van der Waals surface area contributed by atoms with Crippen LogP contribution in [0.2, 0.25) is 0 Å². The Morgan fingerprint density at radius 3 is 2.43 bits per heavy atom. The van der Waals surface area contributed by atoms with E-state index in [1.165, 1.54) is 11.1 Å². The predicted molar refractivity (Wildman–Crippen MR) is 142 cm³/mol. The number of benzene rings is 3. The van der Waals surface area contributed by atoms with Crippen molar-refractivity contribution < 1.29 is 19.1 Å². The van der Waals surface area contributed by atoms with E-state index >= 15 is 0 Å². The fourth-order valence-corrected chi connectivity index (χ4v) is 4.81. The van der Waals surface area contributed by atoms with Gasteiger partial charge in [0.05, 0.1) is 16.2 Å². The summed E-state index contributed by atoms with van der Waals surface area (Å²) in [7, 11) is 0. The van der Waals surface area contributed by atoms with Crippen molar-refractivity contribution in [1.82, 2.24) is 5.01 Å². The molecule has 4 aromatic rings. The molecule has 6 nitrogen and oxygen atoms in total. The topological polar surface area (TPSA) is 82.8 Å². The average Bonchev–Trinajstić information content (AvgIpc) is 3.45. The van der Waals surface area contributed by atoms with Crippen LogP contribution in [-0.4, -0.2) is 26.3 Å². The summed E-state index contributed by atoms with van der Waals surface area (Å²) in [6, 6.07) is 28.1. The van der Waals surface area contributed by atoms with Gasteiger partial charge in [0.15, 0.2) is 4.32 Å². The summed E-state index contributed by atoms with van der Waals surface area (Å²) < 4.78 is 6.28. The molecule has 1 aliphatic heterocycles. The van der Waals surface area contributed by atoms with E-state index in [1.807, 2.05) is 42.5 Å². The molecule has 0 bridgehead atoms. The largest absolute Gasteiger partial charge is 0.478 e. The zero-order valence-corrected chi connectivity index (χ0v) is 19.8. The van der Waals surface area contributed by atoms with Crippen LogP contribution in [0.25, 0.3) is 28.5 Å². The molecule has 0 unspecified atom stereocenters. The van der Waals surface area contributed by atoms with Gasteiger partial charge in [-0.05, 0) is 53.7 Å². The molecular formula is C27H18N2O4S2. The lowest BCUT2D eigenvalue weighted by atomic mass is 10.0. The third kappa shape index (κ3) is 4.75. The Bertz CT molecular complexity index is 1480. The molecule has 0 saturated carbocycles. The van der Waals surface area contributed by atoms with Crippen molar-refractivity contribution in [3.8, 4) is 22.5 Å². The van der Waals surface area contributed by atoms with Gasteiger partial charge in [-0.3, -0.25) is 10.2 Å². The number of anilines is 1. The third-order valence-corrected chi connectivity index (χ3v) is 6.64. The number of nitrogens with one attached hydrogen (secondary N) is 1. The van der Waals surface area contributed by atoms with Crippen LogP contribution < -0.4 is 5.43 Å². The van der Waals surface area contributed by atoms with Crippen LogP contribution in [0.1, 0.15) is 16.1 Å². The van der Waals surface area contributed by atoms with Crippen molar-refractivity contribution in [2.45, 2.75) is 0 Å². The van der Waals surface area contributed by atoms with Crippen LogP contribution in [0.3, 0.4) is 0 Å². The number of carboxylic acids is 1. The first kappa shape index (κ1) is 22.6. The monoisotopic (exact) mass is 498 g/mol. The minimum Gasteiger partial charge on any atom is -0.478 e. The summed E-state index contributed by atoms with van der Waals surface area (Å²) >= 11 is 6.46. The Labute approximate surface area is 210 Å². The highest BCUT2D eigenvalue weighted by atomic mass is 32.2. The van der Waals surface area contributed by atoms with E-state index in [2.05, 4.69) is 23.6 Å². The molecule has 2 heterocycles. The summed E-state index contributed by atoms with van der Waals surface area (Å²) in [6.07, 6.45) is 1.63. The molecule has 5 rings (SSSR count). The van der Waals surface area contributed by atoms with Crippen LogP contribution in [0.15, 0.2) is 100 Å². The number of amides is 1. The van der Waals surface area contributed by atoms with Crippen molar-refractivity contribution in [3.63, 3.8) is 0 Å². The second-order valence-electron chi connectivity index (χ2n) is 7.63. The molecule has 8 heteroatoms. The number of hydrogen-bond acceptors (Lipinski definition) is 6. The number of thiocarbonyl (C=S) groups is 1. The number of carbonyl (C=O) groups is 2. The molecule has 2 N–H and O–H groups in total. The Morgan fingerprint density at radius 1 is 0.914 bits per heavy atom. The molecule has 1 amide bonds. The van der Waals surface area contributed by atoms with E-state index in [1.54, 1.807) is 30.3 Å². The number of rotatable bonds is 6. The fraction of sp³-hybridized carbons (Fsp3) is 0. The first-order valence-electron chi connectivity index (χ1n) is 10.6. The van der Waals surface area contributed by atoms with Crippen LogP contribution >= 0.6 is 24.0 Å². The summed E-state index contributed by atoms with van der Waals surface area (Å²) in [4.78, 5) is 24.8. The lowest BCUT2D eigenvalue weighted by Gasteiger charge is -2.18. The maximum Gasteiger partial charge on any atom is 0.337 e. The van der Waals surface area contributed by atoms with Crippen LogP contribution in [0.5, 0.6) is 0 Å². The molecule has 1 aliphatic rings. The molecule has 172 valence electrons. The number of furan rings is 1. The highest BCUT2D eigenvalue weighted by Crippen LogP contribution is 2.35. The number of thioether (sulfide) groups is 1. The fourth-order valence-electron chi connectivity index (χ4n) is 3.65. The molecule has 1 fully saturated rings. The number of carboxylic acid groups (broad SMARTS) is 1. The quantitative estimate of drug-likeness (QED) is 0.231. The molecule has 1 aromatic heterocycles. The minimum absolute atomic E-state index is 0.0407. The van der Waals surface area contributed by atoms with Crippen molar-refractivity contribution in [2.75, 3.05) is 5.43 Å². The zero-order chi connectivity index (χ0) is 24.4. The van der Waals surface area contributed by atoms with Gasteiger partial charge >= 0.3 is 5.97 Å². The van der Waals surface area contributed by atoms with Crippen molar-refractivity contribution >= 4 is 51.9 Å². The van der Waals surface area contributed by atoms with E-state index in [0.29, 0.717) is 16.4 Å². The van der Waals surface area contributed by atoms with Gasteiger partial charge in [0.25, 0.3) is 5.91 Å². The van der Waals surface area contributed by atoms with Crippen LogP contribution in [0, 0.1) is 0 Å². The minimum atomic E-state index is -1.10. The first-order valence-corrected chi connectivity index (χ1v) is 11.8. The molecule has 0 atom stereocenters. The van der Waals surface area contributed by atoms with E-state index in [9.17, 15) is 14.7 Å². The molecule has 35 heavy (non-hydrogen) atoms. The third-order valence-electron chi connectivity index (χ3n) is 5.34. The van der Waals surface area contributed by atoms with Crippen molar-refractivity contribution in [2.24, 2.45) is 0 Å². The highest BCUT2D eigenvalue weighted by molar-refractivity contribution is 8.26. The lowest BCUT2D eigenvalue weighted by Crippen LogP contribution is -2.34. The summed E-state index contributed by atoms with van der Waals surface area (Å²) in [6.45, 7) is 0. The highest BCUT2D eigenvalue weighted by Gasteiger charge is 2.33. The maximum atomic E-state index is 13.0. The first-order chi connectivity index (χ1) is 17.0. The zero-order valence-electron chi connectivity index (χ0n) is 18.2. The molecule has 1 saturated heterocycles. The van der Waals surface area contributed by atoms with Gasteiger partial charge in [-0.1, -0.05) is 72.4 Å². The Kier molecular flexibility index (Phi) is 6.22. The van der Waals surface area contributed by atoms with E-state index < -0.39 is 5.97 Å². The summed E-state index contributed by atoms with van der Waals surface area (Å²) in [5, 5.41) is 10.6. The molecular weight excluding hydrogens is 480 g/mol. The molecule has 0 aliphatic carbocycles. The van der Waals surface area contributed by atoms with Gasteiger partial charge in [0.2, 0.25) is 0 Å². The molecule has 0 radical (unpaired) electrons. The van der Waals surface area contributed by atoms with Crippen LogP contribution in [0.4, 0.5) is 5.69 Å². The van der Waals surface area contributed by atoms with Gasteiger partial charge in [0.1, 0.15) is 11.5 Å². The number of aromatic carboxylic acids is 1. The Balaban J connectivity index is 1.37. The lowest BCUT2D eigenvalue weighted by molar-refractivity contribution is -0.121. The number of carbonyl (C=O) groups excluding carboxylic acids is 1. The summed E-state index contributed by atoms with van der Waals surface area (Å²) in [5.41, 5.74) is 6.26. The van der Waals surface area contributed by atoms with Gasteiger partial charge in [-0.25, -0.2) is 9.80 Å². The van der Waals surface area contributed by atoms with E-state index in [4.69, 9.17) is 16.6 Å². The SMILES string of the molecule is O=C(O)c1ccccc1NN1C(=O)C(=Cc2ccc(-c3cccc(-c4ccccc4)c3)o2)SC1=S. The standard InChI is InChI=1S/C27H18N2O4S2/c30-25-24(35-27(34)29(25)28-22-12-5-4-11-21(22)26(31)32)16-20-13-14-23(33-20)19-10-6-9-18(15-19)17-7-2-1-3-8-17/h1-16,28H,(H,31,32). The van der Waals surface area contributed by atoms with Gasteiger partial charge in [-0.15, -0.1) is 0 Å². The summed E-state index contributed by atoms with van der Waals surface area (Å²) in [5.74, 6) is -0.299. The van der Waals surface area contributed by atoms with Crippen molar-refractivity contribution in [3.05, 3.63) is 107 Å². The Morgan fingerprint density at radius 2 is 1.63 bits per heavy atom. The Hall–Kier alpha value is -4.14. The number of hydrazine groups is 1. The van der Waals surface area contributed by atoms with Crippen molar-refractivity contribution in [1.29, 1.82) is 0 Å². The molecule has 0 spiro atoms. The van der Waals surface area contributed by atoms with Gasteiger partial charge < -0.3 is 9.52 Å². The van der Waals surface area contributed by atoms with Crippen LogP contribution in [-0.2, 0) is 4.79 Å². The van der Waals surface area contributed by atoms with E-state index in [-0.39, 0.29) is 21.5 Å². The second kappa shape index (κ2) is 9.61. The van der Waals surface area contributed by atoms with Gasteiger partial charge in [-0.2, -0.15) is 0 Å². The number of para-hydroxylation sites is 1. The normalized spacial score (nSPS) is 14.5. The van der Waals surface area contributed by atoms with E-state index in [0.717, 1.165) is 28.5 Å². The molecule has 3 aromatic carbocycles. The smallest absolute Gasteiger partial charge is 0.337 e. The maximum absolute atomic E-state index is 13.0. The average molecular weight is 499 g/mol. The number of hydrogen-bond donors (Lipinski definition) is 2. The predicted octanol–water partition coefficient (Wildman–Crippen LogP) is 6.54. The van der Waals surface area contributed by atoms with Gasteiger partial charge in [0, 0.05) is 11.6 Å². The number of nitrogens with zero attached hydrogens (tertiary/aromatic N) is 1. The second-order valence-corrected chi connectivity index (χ2v) is 9.30.